The van der Waals surface area contributed by atoms with Gasteiger partial charge in [0, 0.05) is 7.05 Å². The topological polar surface area (TPSA) is 56.7 Å². The largest absolute Gasteiger partial charge is 0.416 e. The third-order valence-corrected chi connectivity index (χ3v) is 2.51. The lowest BCUT2D eigenvalue weighted by atomic mass is 10.0. The summed E-state index contributed by atoms with van der Waals surface area (Å²) in [4.78, 5) is 0. The maximum absolute atomic E-state index is 12.6. The molecule has 0 bridgehead atoms. The molecule has 1 heterocycles. The molecule has 2 rings (SSSR count). The van der Waals surface area contributed by atoms with Gasteiger partial charge >= 0.3 is 6.18 Å². The van der Waals surface area contributed by atoms with Gasteiger partial charge < -0.3 is 5.73 Å². The van der Waals surface area contributed by atoms with Crippen molar-refractivity contribution >= 4 is 0 Å². The molecule has 0 radical (unpaired) electrons. The number of aromatic nitrogens is 3. The molecular formula is C11H11F3N4. The Kier molecular flexibility index (Phi) is 3.08. The van der Waals surface area contributed by atoms with Crippen LogP contribution >= 0.6 is 0 Å². The fourth-order valence-electron chi connectivity index (χ4n) is 1.59. The molecule has 4 nitrogen and oxygen atoms in total. The van der Waals surface area contributed by atoms with Crippen LogP contribution < -0.4 is 5.73 Å². The van der Waals surface area contributed by atoms with Gasteiger partial charge in [-0.1, -0.05) is 17.3 Å². The van der Waals surface area contributed by atoms with Crippen LogP contribution in [0.25, 0.3) is 0 Å². The number of benzene rings is 1. The minimum atomic E-state index is -4.38. The van der Waals surface area contributed by atoms with E-state index in [1.54, 1.807) is 13.2 Å². The normalized spacial score (nSPS) is 13.6. The summed E-state index contributed by atoms with van der Waals surface area (Å²) in [5, 5.41) is 7.49. The smallest absolute Gasteiger partial charge is 0.319 e. The molecule has 0 aliphatic heterocycles. The van der Waals surface area contributed by atoms with Crippen molar-refractivity contribution in [3.8, 4) is 0 Å². The Labute approximate surface area is 101 Å². The highest BCUT2D eigenvalue weighted by atomic mass is 19.4. The number of hydrogen-bond acceptors (Lipinski definition) is 3. The molecule has 1 aromatic heterocycles. The third kappa shape index (κ3) is 2.51. The van der Waals surface area contributed by atoms with E-state index in [-0.39, 0.29) is 0 Å². The molecule has 0 saturated carbocycles. The number of nitrogens with two attached hydrogens (primary N) is 1. The number of nitrogens with zero attached hydrogens (tertiary/aromatic N) is 3. The Bertz CT molecular complexity index is 547. The molecule has 0 aliphatic carbocycles. The minimum absolute atomic E-state index is 0.352. The van der Waals surface area contributed by atoms with Crippen molar-refractivity contribution in [3.63, 3.8) is 0 Å². The zero-order chi connectivity index (χ0) is 13.3. The van der Waals surface area contributed by atoms with E-state index in [9.17, 15) is 13.2 Å². The lowest BCUT2D eigenvalue weighted by Gasteiger charge is -2.12. The van der Waals surface area contributed by atoms with Gasteiger partial charge in [-0.2, -0.15) is 13.2 Å². The summed E-state index contributed by atoms with van der Waals surface area (Å²) in [5.74, 6) is 0. The Morgan fingerprint density at radius 2 is 2.06 bits per heavy atom. The molecular weight excluding hydrogens is 245 g/mol. The van der Waals surface area contributed by atoms with Crippen LogP contribution in [0, 0.1) is 0 Å². The van der Waals surface area contributed by atoms with Gasteiger partial charge in [-0.15, -0.1) is 5.10 Å². The third-order valence-electron chi connectivity index (χ3n) is 2.51. The molecule has 96 valence electrons. The predicted molar refractivity (Wildman–Crippen MR) is 58.5 cm³/mol. The summed E-state index contributed by atoms with van der Waals surface area (Å²) < 4.78 is 39.1. The van der Waals surface area contributed by atoms with Gasteiger partial charge in [0.25, 0.3) is 0 Å². The van der Waals surface area contributed by atoms with Crippen LogP contribution in [0.1, 0.15) is 22.9 Å². The van der Waals surface area contributed by atoms with Crippen LogP contribution in [0.15, 0.2) is 30.5 Å². The number of hydrogen-bond donors (Lipinski definition) is 1. The highest BCUT2D eigenvalue weighted by molar-refractivity contribution is 5.31. The number of aryl methyl sites for hydroxylation is 1. The van der Waals surface area contributed by atoms with Crippen molar-refractivity contribution in [1.82, 2.24) is 15.0 Å². The summed E-state index contributed by atoms with van der Waals surface area (Å²) in [7, 11) is 1.66. The monoisotopic (exact) mass is 256 g/mol. The van der Waals surface area contributed by atoms with Gasteiger partial charge in [0.15, 0.2) is 0 Å². The molecule has 0 saturated heterocycles. The van der Waals surface area contributed by atoms with E-state index < -0.39 is 17.8 Å². The van der Waals surface area contributed by atoms with Gasteiger partial charge in [-0.25, -0.2) is 0 Å². The Balaban J connectivity index is 2.34. The van der Waals surface area contributed by atoms with Crippen molar-refractivity contribution in [3.05, 3.63) is 47.3 Å². The maximum atomic E-state index is 12.6. The Hall–Kier alpha value is -1.89. The average Bonchev–Trinajstić information content (AvgIpc) is 2.74. The van der Waals surface area contributed by atoms with Crippen LogP contribution in [0.4, 0.5) is 13.2 Å². The molecule has 7 heteroatoms. The van der Waals surface area contributed by atoms with Gasteiger partial charge in [-0.05, 0) is 17.7 Å². The van der Waals surface area contributed by atoms with E-state index >= 15 is 0 Å². The van der Waals surface area contributed by atoms with E-state index in [1.807, 2.05) is 0 Å². The van der Waals surface area contributed by atoms with Crippen molar-refractivity contribution < 1.29 is 13.2 Å². The zero-order valence-electron chi connectivity index (χ0n) is 9.52. The van der Waals surface area contributed by atoms with Gasteiger partial charge in [0.2, 0.25) is 0 Å². The van der Waals surface area contributed by atoms with Gasteiger partial charge in [-0.3, -0.25) is 4.68 Å². The van der Waals surface area contributed by atoms with Gasteiger partial charge in [0.1, 0.15) is 5.69 Å². The number of halogens is 3. The summed E-state index contributed by atoms with van der Waals surface area (Å²) in [6, 6.07) is 4.18. The highest BCUT2D eigenvalue weighted by Gasteiger charge is 2.31. The molecule has 0 aliphatic rings. The fourth-order valence-corrected chi connectivity index (χ4v) is 1.59. The fraction of sp³-hybridized carbons (Fsp3) is 0.273. The maximum Gasteiger partial charge on any atom is 0.416 e. The SMILES string of the molecule is Cn1cc(C(N)c2cccc(C(F)(F)F)c2)nn1. The molecule has 2 aromatic rings. The van der Waals surface area contributed by atoms with Crippen molar-refractivity contribution in [2.45, 2.75) is 12.2 Å². The lowest BCUT2D eigenvalue weighted by Crippen LogP contribution is -2.14. The second-order valence-electron chi connectivity index (χ2n) is 3.92. The van der Waals surface area contributed by atoms with E-state index in [0.29, 0.717) is 11.3 Å². The quantitative estimate of drug-likeness (QED) is 0.892. The summed E-state index contributed by atoms with van der Waals surface area (Å²) in [6.45, 7) is 0. The molecule has 1 unspecified atom stereocenters. The van der Waals surface area contributed by atoms with E-state index in [1.165, 1.54) is 16.8 Å². The standard InChI is InChI=1S/C11H11F3N4/c1-18-6-9(16-17-18)10(15)7-3-2-4-8(5-7)11(12,13)14/h2-6,10H,15H2,1H3. The molecule has 1 aromatic carbocycles. The van der Waals surface area contributed by atoms with Crippen LogP contribution in [0.5, 0.6) is 0 Å². The van der Waals surface area contributed by atoms with E-state index in [4.69, 9.17) is 5.73 Å². The van der Waals surface area contributed by atoms with E-state index in [2.05, 4.69) is 10.3 Å². The first-order valence-corrected chi connectivity index (χ1v) is 5.17. The number of rotatable bonds is 2. The summed E-state index contributed by atoms with van der Waals surface area (Å²) in [5.41, 5.74) is 5.92. The first kappa shape index (κ1) is 12.6. The average molecular weight is 256 g/mol. The molecule has 18 heavy (non-hydrogen) atoms. The molecule has 0 spiro atoms. The Morgan fingerprint density at radius 3 is 2.61 bits per heavy atom. The van der Waals surface area contributed by atoms with Crippen molar-refractivity contribution in [1.29, 1.82) is 0 Å². The number of alkyl halides is 3. The molecule has 2 N–H and O–H groups in total. The second-order valence-corrected chi connectivity index (χ2v) is 3.92. The van der Waals surface area contributed by atoms with Crippen LogP contribution in [-0.2, 0) is 13.2 Å². The summed E-state index contributed by atoms with van der Waals surface area (Å²) >= 11 is 0. The first-order valence-electron chi connectivity index (χ1n) is 5.17. The minimum Gasteiger partial charge on any atom is -0.319 e. The van der Waals surface area contributed by atoms with E-state index in [0.717, 1.165) is 12.1 Å². The van der Waals surface area contributed by atoms with Crippen LogP contribution in [-0.4, -0.2) is 15.0 Å². The van der Waals surface area contributed by atoms with Crippen molar-refractivity contribution in [2.75, 3.05) is 0 Å². The lowest BCUT2D eigenvalue weighted by molar-refractivity contribution is -0.137. The van der Waals surface area contributed by atoms with Gasteiger partial charge in [0.05, 0.1) is 17.8 Å². The molecule has 1 atom stereocenters. The molecule has 0 amide bonds. The second kappa shape index (κ2) is 4.41. The molecule has 0 fully saturated rings. The van der Waals surface area contributed by atoms with Crippen molar-refractivity contribution in [2.24, 2.45) is 12.8 Å². The summed E-state index contributed by atoms with van der Waals surface area (Å²) in [6.07, 6.45) is -2.80. The van der Waals surface area contributed by atoms with Crippen LogP contribution in [0.2, 0.25) is 0 Å². The first-order chi connectivity index (χ1) is 8.38. The predicted octanol–water partition coefficient (Wildman–Crippen LogP) is 1.88. The highest BCUT2D eigenvalue weighted by Crippen LogP contribution is 2.31. The Morgan fingerprint density at radius 1 is 1.33 bits per heavy atom. The zero-order valence-corrected chi connectivity index (χ0v) is 9.52. The van der Waals surface area contributed by atoms with Crippen LogP contribution in [0.3, 0.4) is 0 Å².